The van der Waals surface area contributed by atoms with Gasteiger partial charge in [0, 0.05) is 23.2 Å². The minimum atomic E-state index is -0.00504. The number of nitriles is 1. The van der Waals surface area contributed by atoms with Gasteiger partial charge in [0.25, 0.3) is 5.89 Å². The summed E-state index contributed by atoms with van der Waals surface area (Å²) in [6, 6.07) is 15.0. The van der Waals surface area contributed by atoms with E-state index in [4.69, 9.17) is 9.26 Å². The molecule has 2 aliphatic rings. The van der Waals surface area contributed by atoms with Crippen molar-refractivity contribution in [1.82, 2.24) is 15.5 Å². The number of rotatable bonds is 6. The van der Waals surface area contributed by atoms with E-state index in [2.05, 4.69) is 39.7 Å². The third-order valence-electron chi connectivity index (χ3n) is 6.69. The molecule has 170 valence electrons. The maximum absolute atomic E-state index is 9.53. The zero-order valence-corrected chi connectivity index (χ0v) is 19.3. The number of benzene rings is 2. The van der Waals surface area contributed by atoms with Crippen LogP contribution >= 0.6 is 0 Å². The van der Waals surface area contributed by atoms with Gasteiger partial charge in [0.05, 0.1) is 11.7 Å². The highest BCUT2D eigenvalue weighted by Gasteiger charge is 2.28. The second-order valence-corrected chi connectivity index (χ2v) is 9.38. The van der Waals surface area contributed by atoms with Gasteiger partial charge in [-0.15, -0.1) is 0 Å². The van der Waals surface area contributed by atoms with E-state index in [1.807, 2.05) is 19.9 Å². The van der Waals surface area contributed by atoms with Crippen LogP contribution in [0.1, 0.15) is 75.1 Å². The van der Waals surface area contributed by atoms with Gasteiger partial charge in [-0.25, -0.2) is 0 Å². The Balaban J connectivity index is 1.39. The maximum Gasteiger partial charge on any atom is 0.258 e. The van der Waals surface area contributed by atoms with Crippen LogP contribution in [0.2, 0.25) is 0 Å². The second-order valence-electron chi connectivity index (χ2n) is 9.38. The number of ether oxygens (including phenoxy) is 1. The molecule has 0 radical (unpaired) electrons. The van der Waals surface area contributed by atoms with E-state index in [9.17, 15) is 5.26 Å². The first-order valence-electron chi connectivity index (χ1n) is 12.1. The third kappa shape index (κ3) is 4.51. The molecule has 1 N–H and O–H groups in total. The smallest absolute Gasteiger partial charge is 0.258 e. The molecule has 0 saturated heterocycles. The van der Waals surface area contributed by atoms with Crippen molar-refractivity contribution >= 4 is 0 Å². The second kappa shape index (κ2) is 9.36. The lowest BCUT2D eigenvalue weighted by Crippen LogP contribution is -2.33. The van der Waals surface area contributed by atoms with Gasteiger partial charge in [-0.3, -0.25) is 0 Å². The van der Waals surface area contributed by atoms with Crippen molar-refractivity contribution in [2.75, 3.05) is 0 Å². The van der Waals surface area contributed by atoms with Crippen molar-refractivity contribution in [3.8, 4) is 34.7 Å². The van der Waals surface area contributed by atoms with Crippen molar-refractivity contribution < 1.29 is 9.26 Å². The lowest BCUT2D eigenvalue weighted by atomic mass is 9.94. The largest absolute Gasteiger partial charge is 0.490 e. The predicted octanol–water partition coefficient (Wildman–Crippen LogP) is 5.97. The SMILES string of the molecule is CC(C)Oc1ccc(-c2nc(-c3cccc4c3CCC4NC3CCCCC3)no2)cc1C#N. The number of hydrogen-bond acceptors (Lipinski definition) is 6. The first-order valence-corrected chi connectivity index (χ1v) is 12.1. The lowest BCUT2D eigenvalue weighted by molar-refractivity contribution is 0.241. The molecule has 1 aromatic heterocycles. The maximum atomic E-state index is 9.53. The highest BCUT2D eigenvalue weighted by Crippen LogP contribution is 2.38. The van der Waals surface area contributed by atoms with Gasteiger partial charge in [0.1, 0.15) is 11.8 Å². The van der Waals surface area contributed by atoms with Crippen molar-refractivity contribution in [2.24, 2.45) is 0 Å². The topological polar surface area (TPSA) is 84.0 Å². The van der Waals surface area contributed by atoms with E-state index >= 15 is 0 Å². The van der Waals surface area contributed by atoms with Crippen LogP contribution in [0.5, 0.6) is 5.75 Å². The first-order chi connectivity index (χ1) is 16.1. The summed E-state index contributed by atoms with van der Waals surface area (Å²) in [4.78, 5) is 4.69. The molecule has 33 heavy (non-hydrogen) atoms. The van der Waals surface area contributed by atoms with E-state index in [-0.39, 0.29) is 6.10 Å². The zero-order valence-electron chi connectivity index (χ0n) is 19.3. The predicted molar refractivity (Wildman–Crippen MR) is 127 cm³/mol. The fourth-order valence-corrected chi connectivity index (χ4v) is 5.15. The molecule has 5 rings (SSSR count). The van der Waals surface area contributed by atoms with Gasteiger partial charge in [0.2, 0.25) is 5.82 Å². The molecular formula is C27H30N4O2. The van der Waals surface area contributed by atoms with Crippen LogP contribution in [-0.2, 0) is 6.42 Å². The van der Waals surface area contributed by atoms with Crippen molar-refractivity contribution in [3.05, 3.63) is 53.1 Å². The third-order valence-corrected chi connectivity index (χ3v) is 6.69. The molecule has 1 unspecified atom stereocenters. The molecule has 2 aliphatic carbocycles. The monoisotopic (exact) mass is 442 g/mol. The molecule has 2 aromatic carbocycles. The molecule has 1 fully saturated rings. The fourth-order valence-electron chi connectivity index (χ4n) is 5.15. The number of aromatic nitrogens is 2. The van der Waals surface area contributed by atoms with E-state index in [1.54, 1.807) is 12.1 Å². The van der Waals surface area contributed by atoms with Crippen LogP contribution in [0.25, 0.3) is 22.8 Å². The Hall–Kier alpha value is -3.17. The zero-order chi connectivity index (χ0) is 22.8. The Morgan fingerprint density at radius 2 is 1.97 bits per heavy atom. The summed E-state index contributed by atoms with van der Waals surface area (Å²) < 4.78 is 11.3. The average Bonchev–Trinajstić information content (AvgIpc) is 3.48. The quantitative estimate of drug-likeness (QED) is 0.506. The molecule has 1 heterocycles. The summed E-state index contributed by atoms with van der Waals surface area (Å²) in [5.74, 6) is 1.57. The van der Waals surface area contributed by atoms with Gasteiger partial charge in [-0.1, -0.05) is 42.6 Å². The summed E-state index contributed by atoms with van der Waals surface area (Å²) in [5.41, 5.74) is 4.89. The van der Waals surface area contributed by atoms with Crippen LogP contribution in [0.15, 0.2) is 40.9 Å². The van der Waals surface area contributed by atoms with Crippen LogP contribution in [0, 0.1) is 11.3 Å². The molecular weight excluding hydrogens is 412 g/mol. The molecule has 0 amide bonds. The van der Waals surface area contributed by atoms with Crippen LogP contribution in [0.4, 0.5) is 0 Å². The summed E-state index contributed by atoms with van der Waals surface area (Å²) >= 11 is 0. The number of nitrogens with one attached hydrogen (secondary N) is 1. The number of nitrogens with zero attached hydrogens (tertiary/aromatic N) is 3. The molecule has 0 aliphatic heterocycles. The van der Waals surface area contributed by atoms with Gasteiger partial charge in [-0.2, -0.15) is 10.2 Å². The Morgan fingerprint density at radius 1 is 1.12 bits per heavy atom. The van der Waals surface area contributed by atoms with Crippen molar-refractivity contribution in [1.29, 1.82) is 5.26 Å². The summed E-state index contributed by atoms with van der Waals surface area (Å²) in [6.07, 6.45) is 8.72. The van der Waals surface area contributed by atoms with Gasteiger partial charge in [0.15, 0.2) is 0 Å². The van der Waals surface area contributed by atoms with Crippen molar-refractivity contribution in [3.63, 3.8) is 0 Å². The fraction of sp³-hybridized carbons (Fsp3) is 0.444. The highest BCUT2D eigenvalue weighted by atomic mass is 16.5. The van der Waals surface area contributed by atoms with E-state index < -0.39 is 0 Å². The van der Waals surface area contributed by atoms with Gasteiger partial charge >= 0.3 is 0 Å². The Morgan fingerprint density at radius 3 is 2.76 bits per heavy atom. The number of hydrogen-bond donors (Lipinski definition) is 1. The Bertz CT molecular complexity index is 1170. The van der Waals surface area contributed by atoms with Crippen LogP contribution in [0.3, 0.4) is 0 Å². The van der Waals surface area contributed by atoms with E-state index in [0.717, 1.165) is 18.4 Å². The Kier molecular flexibility index (Phi) is 6.15. The van der Waals surface area contributed by atoms with Crippen LogP contribution < -0.4 is 10.1 Å². The lowest BCUT2D eigenvalue weighted by Gasteiger charge is -2.27. The molecule has 1 atom stereocenters. The average molecular weight is 443 g/mol. The molecule has 3 aromatic rings. The standard InChI is InChI=1S/C27H30N4O2/c1-17(2)32-25-14-11-18(15-19(25)16-28)27-30-26(31-33-27)23-10-6-9-22-21(23)12-13-24(22)29-20-7-4-3-5-8-20/h6,9-11,14-15,17,20,24,29H,3-5,7-8,12-13H2,1-2H3. The molecule has 0 bridgehead atoms. The van der Waals surface area contributed by atoms with E-state index in [0.29, 0.717) is 40.7 Å². The normalized spacial score (nSPS) is 18.3. The van der Waals surface area contributed by atoms with Crippen LogP contribution in [-0.4, -0.2) is 22.3 Å². The Labute approximate surface area is 195 Å². The van der Waals surface area contributed by atoms with Crippen molar-refractivity contribution in [2.45, 2.75) is 77.0 Å². The molecule has 6 heteroatoms. The minimum Gasteiger partial charge on any atom is -0.490 e. The van der Waals surface area contributed by atoms with Gasteiger partial charge in [-0.05, 0) is 68.9 Å². The van der Waals surface area contributed by atoms with Gasteiger partial charge < -0.3 is 14.6 Å². The summed E-state index contributed by atoms with van der Waals surface area (Å²) in [6.45, 7) is 3.87. The first kappa shape index (κ1) is 21.7. The van der Waals surface area contributed by atoms with E-state index in [1.165, 1.54) is 43.2 Å². The summed E-state index contributed by atoms with van der Waals surface area (Å²) in [5, 5.41) is 17.7. The molecule has 0 spiro atoms. The molecule has 6 nitrogen and oxygen atoms in total. The molecule has 1 saturated carbocycles. The number of fused-ring (bicyclic) bond motifs is 1. The highest BCUT2D eigenvalue weighted by molar-refractivity contribution is 5.67. The minimum absolute atomic E-state index is 0.00504. The summed E-state index contributed by atoms with van der Waals surface area (Å²) in [7, 11) is 0.